The topological polar surface area (TPSA) is 86.8 Å². The van der Waals surface area contributed by atoms with Crippen molar-refractivity contribution in [2.75, 3.05) is 43.9 Å². The summed E-state index contributed by atoms with van der Waals surface area (Å²) in [6.07, 6.45) is 1.43. The molecule has 8 nitrogen and oxygen atoms in total. The smallest absolute Gasteiger partial charge is 0.324 e. The number of rotatable bonds is 6. The number of piperazine rings is 1. The van der Waals surface area contributed by atoms with Gasteiger partial charge in [0.2, 0.25) is 0 Å². The van der Waals surface area contributed by atoms with Gasteiger partial charge in [-0.1, -0.05) is 6.07 Å². The molecule has 0 bridgehead atoms. The summed E-state index contributed by atoms with van der Waals surface area (Å²) in [6.45, 7) is 6.75. The zero-order valence-electron chi connectivity index (χ0n) is 20.6. The van der Waals surface area contributed by atoms with Crippen LogP contribution in [0.5, 0.6) is 5.75 Å². The second-order valence-electron chi connectivity index (χ2n) is 8.99. The normalized spacial score (nSPS) is 14.0. The van der Waals surface area contributed by atoms with Crippen molar-refractivity contribution < 1.29 is 18.7 Å². The van der Waals surface area contributed by atoms with Crippen molar-refractivity contribution in [3.8, 4) is 16.9 Å². The van der Waals surface area contributed by atoms with Crippen LogP contribution in [0.25, 0.3) is 11.1 Å². The molecule has 0 unspecified atom stereocenters. The first-order valence-electron chi connectivity index (χ1n) is 11.9. The molecule has 1 fully saturated rings. The number of urea groups is 1. The van der Waals surface area contributed by atoms with Gasteiger partial charge in [-0.15, -0.1) is 0 Å². The average Bonchev–Trinajstić information content (AvgIpc) is 2.84. The number of aromatic nitrogens is 1. The Labute approximate surface area is 210 Å². The minimum absolute atomic E-state index is 0.0553. The highest BCUT2D eigenvalue weighted by Crippen LogP contribution is 2.32. The van der Waals surface area contributed by atoms with Crippen LogP contribution < -0.4 is 15.4 Å². The van der Waals surface area contributed by atoms with Crippen molar-refractivity contribution >= 4 is 23.4 Å². The highest BCUT2D eigenvalue weighted by atomic mass is 19.1. The summed E-state index contributed by atoms with van der Waals surface area (Å²) in [7, 11) is 2.04. The molecule has 0 radical (unpaired) electrons. The molecule has 3 amide bonds. The van der Waals surface area contributed by atoms with Crippen molar-refractivity contribution in [3.05, 3.63) is 72.2 Å². The van der Waals surface area contributed by atoms with Crippen molar-refractivity contribution in [2.24, 2.45) is 0 Å². The third kappa shape index (κ3) is 6.37. The summed E-state index contributed by atoms with van der Waals surface area (Å²) >= 11 is 0. The molecule has 1 aliphatic heterocycles. The van der Waals surface area contributed by atoms with Gasteiger partial charge in [0.05, 0.1) is 6.10 Å². The van der Waals surface area contributed by atoms with Gasteiger partial charge in [0.25, 0.3) is 5.91 Å². The number of ether oxygens (including phenoxy) is 1. The van der Waals surface area contributed by atoms with Crippen LogP contribution in [0.4, 0.5) is 20.7 Å². The van der Waals surface area contributed by atoms with E-state index in [1.807, 2.05) is 25.8 Å². The van der Waals surface area contributed by atoms with Gasteiger partial charge in [-0.05, 0) is 68.9 Å². The fraction of sp³-hybridized carbons (Fsp3) is 0.296. The highest BCUT2D eigenvalue weighted by Gasteiger charge is 2.20. The highest BCUT2D eigenvalue weighted by molar-refractivity contribution is 6.01. The predicted molar refractivity (Wildman–Crippen MR) is 138 cm³/mol. The van der Waals surface area contributed by atoms with Gasteiger partial charge in [-0.25, -0.2) is 14.2 Å². The third-order valence-corrected chi connectivity index (χ3v) is 5.78. The molecule has 1 aliphatic rings. The Morgan fingerprint density at radius 3 is 2.53 bits per heavy atom. The van der Waals surface area contributed by atoms with Crippen LogP contribution in [0.15, 0.2) is 60.8 Å². The van der Waals surface area contributed by atoms with E-state index >= 15 is 0 Å². The van der Waals surface area contributed by atoms with E-state index in [0.29, 0.717) is 41.5 Å². The second kappa shape index (κ2) is 11.2. The Kier molecular flexibility index (Phi) is 7.80. The molecular formula is C27H30FN5O3. The fourth-order valence-electron chi connectivity index (χ4n) is 3.95. The quantitative estimate of drug-likeness (QED) is 0.522. The van der Waals surface area contributed by atoms with Crippen molar-refractivity contribution in [1.29, 1.82) is 0 Å². The molecule has 9 heteroatoms. The lowest BCUT2D eigenvalue weighted by Gasteiger charge is -2.32. The Morgan fingerprint density at radius 1 is 1.00 bits per heavy atom. The van der Waals surface area contributed by atoms with Crippen molar-refractivity contribution in [1.82, 2.24) is 14.8 Å². The van der Waals surface area contributed by atoms with E-state index < -0.39 is 11.8 Å². The SMILES string of the molecule is CC(C)Oc1cc(F)ccc1-c1ccnc(NC(=O)Nc2cccc(C(=O)N3CCN(C)CC3)c2)c1. The number of likely N-dealkylation sites (N-methyl/N-ethyl adjacent to an activating group) is 1. The minimum Gasteiger partial charge on any atom is -0.490 e. The first-order chi connectivity index (χ1) is 17.3. The lowest BCUT2D eigenvalue weighted by atomic mass is 10.1. The molecule has 0 aliphatic carbocycles. The molecule has 0 spiro atoms. The Bertz CT molecular complexity index is 1240. The van der Waals surface area contributed by atoms with Crippen LogP contribution in [0.3, 0.4) is 0 Å². The van der Waals surface area contributed by atoms with Gasteiger partial charge in [-0.3, -0.25) is 10.1 Å². The van der Waals surface area contributed by atoms with Crippen LogP contribution in [0, 0.1) is 5.82 Å². The number of hydrogen-bond acceptors (Lipinski definition) is 5. The summed E-state index contributed by atoms with van der Waals surface area (Å²) in [5.74, 6) is 0.276. The number of amides is 3. The number of nitrogens with zero attached hydrogens (tertiary/aromatic N) is 3. The first-order valence-corrected chi connectivity index (χ1v) is 11.9. The van der Waals surface area contributed by atoms with E-state index in [1.54, 1.807) is 48.7 Å². The van der Waals surface area contributed by atoms with Crippen LogP contribution in [0.2, 0.25) is 0 Å². The van der Waals surface area contributed by atoms with E-state index in [4.69, 9.17) is 4.74 Å². The molecule has 1 saturated heterocycles. The molecule has 2 aromatic carbocycles. The standard InChI is InChI=1S/C27H30FN5O3/c1-18(2)36-24-17-21(28)7-8-23(24)19-9-10-29-25(16-19)31-27(35)30-22-6-4-5-20(15-22)26(34)33-13-11-32(3)12-14-33/h4-10,15-18H,11-14H2,1-3H3,(H2,29,30,31,35). The van der Waals surface area contributed by atoms with Crippen molar-refractivity contribution in [3.63, 3.8) is 0 Å². The molecule has 3 aromatic rings. The third-order valence-electron chi connectivity index (χ3n) is 5.78. The van der Waals surface area contributed by atoms with Crippen LogP contribution in [0.1, 0.15) is 24.2 Å². The summed E-state index contributed by atoms with van der Waals surface area (Å²) in [5, 5.41) is 5.47. The number of carbonyl (C=O) groups is 2. The summed E-state index contributed by atoms with van der Waals surface area (Å²) in [4.78, 5) is 33.7. The van der Waals surface area contributed by atoms with Gasteiger partial charge in [0, 0.05) is 55.3 Å². The maximum absolute atomic E-state index is 13.8. The van der Waals surface area contributed by atoms with E-state index in [-0.39, 0.29) is 12.0 Å². The molecule has 2 N–H and O–H groups in total. The lowest BCUT2D eigenvalue weighted by Crippen LogP contribution is -2.47. The number of pyridine rings is 1. The van der Waals surface area contributed by atoms with E-state index in [9.17, 15) is 14.0 Å². The average molecular weight is 492 g/mol. The molecular weight excluding hydrogens is 461 g/mol. The number of nitrogens with one attached hydrogen (secondary N) is 2. The van der Waals surface area contributed by atoms with E-state index in [2.05, 4.69) is 20.5 Å². The summed E-state index contributed by atoms with van der Waals surface area (Å²) in [5.41, 5.74) is 2.42. The summed E-state index contributed by atoms with van der Waals surface area (Å²) in [6, 6.07) is 14.2. The maximum Gasteiger partial charge on any atom is 0.324 e. The molecule has 0 atom stereocenters. The van der Waals surface area contributed by atoms with Crippen LogP contribution >= 0.6 is 0 Å². The monoisotopic (exact) mass is 491 g/mol. The number of halogens is 1. The van der Waals surface area contributed by atoms with E-state index in [0.717, 1.165) is 18.7 Å². The van der Waals surface area contributed by atoms with Crippen molar-refractivity contribution in [2.45, 2.75) is 20.0 Å². The van der Waals surface area contributed by atoms with Gasteiger partial charge >= 0.3 is 6.03 Å². The number of carbonyl (C=O) groups excluding carboxylic acids is 2. The zero-order chi connectivity index (χ0) is 25.7. The first kappa shape index (κ1) is 25.1. The second-order valence-corrected chi connectivity index (χ2v) is 8.99. The van der Waals surface area contributed by atoms with E-state index in [1.165, 1.54) is 12.1 Å². The Balaban J connectivity index is 1.44. The molecule has 4 rings (SSSR count). The molecule has 0 saturated carbocycles. The lowest BCUT2D eigenvalue weighted by molar-refractivity contribution is 0.0664. The van der Waals surface area contributed by atoms with Gasteiger partial charge in [0.15, 0.2) is 0 Å². The Morgan fingerprint density at radius 2 is 1.78 bits per heavy atom. The predicted octanol–water partition coefficient (Wildman–Crippen LogP) is 4.71. The minimum atomic E-state index is -0.499. The zero-order valence-corrected chi connectivity index (χ0v) is 20.6. The van der Waals surface area contributed by atoms with Crippen LogP contribution in [-0.4, -0.2) is 66.1 Å². The number of anilines is 2. The van der Waals surface area contributed by atoms with Gasteiger partial charge in [0.1, 0.15) is 17.4 Å². The number of benzene rings is 2. The largest absolute Gasteiger partial charge is 0.490 e. The molecule has 1 aromatic heterocycles. The maximum atomic E-state index is 13.8. The Hall–Kier alpha value is -3.98. The molecule has 188 valence electrons. The fourth-order valence-corrected chi connectivity index (χ4v) is 3.95. The molecule has 2 heterocycles. The number of hydrogen-bond donors (Lipinski definition) is 2. The summed E-state index contributed by atoms with van der Waals surface area (Å²) < 4.78 is 19.6. The van der Waals surface area contributed by atoms with Gasteiger partial charge < -0.3 is 19.9 Å². The molecule has 36 heavy (non-hydrogen) atoms. The van der Waals surface area contributed by atoms with Crippen LogP contribution in [-0.2, 0) is 0 Å². The van der Waals surface area contributed by atoms with Gasteiger partial charge in [-0.2, -0.15) is 0 Å².